The van der Waals surface area contributed by atoms with Gasteiger partial charge in [-0.05, 0) is 31.2 Å². The van der Waals surface area contributed by atoms with Crippen LogP contribution in [0.5, 0.6) is 5.75 Å². The molecule has 1 N–H and O–H groups in total. The first-order valence-electron chi connectivity index (χ1n) is 5.65. The third kappa shape index (κ3) is 3.23. The van der Waals surface area contributed by atoms with Gasteiger partial charge in [0.05, 0.1) is 10.7 Å². The van der Waals surface area contributed by atoms with Gasteiger partial charge < -0.3 is 9.84 Å². The summed E-state index contributed by atoms with van der Waals surface area (Å²) in [4.78, 5) is 15.4. The van der Waals surface area contributed by atoms with Crippen molar-refractivity contribution in [1.82, 2.24) is 4.98 Å². The number of nitrogens with zero attached hydrogens (tertiary/aromatic N) is 1. The second kappa shape index (κ2) is 5.71. The third-order valence-electron chi connectivity index (χ3n) is 2.51. The maximum absolute atomic E-state index is 11.1. The average molecular weight is 278 g/mol. The Labute approximate surface area is 115 Å². The molecule has 0 atom stereocenters. The molecule has 19 heavy (non-hydrogen) atoms. The number of halogens is 1. The highest BCUT2D eigenvalue weighted by atomic mass is 35.5. The first kappa shape index (κ1) is 13.4. The second-order valence-electron chi connectivity index (χ2n) is 3.98. The number of ether oxygens (including phenoxy) is 1. The van der Waals surface area contributed by atoms with Crippen molar-refractivity contribution >= 4 is 17.6 Å². The lowest BCUT2D eigenvalue weighted by Crippen LogP contribution is -2.05. The largest absolute Gasteiger partial charge is 0.485 e. The summed E-state index contributed by atoms with van der Waals surface area (Å²) >= 11 is 5.96. The van der Waals surface area contributed by atoms with Crippen LogP contribution >= 0.6 is 11.6 Å². The Balaban J connectivity index is 2.22. The van der Waals surface area contributed by atoms with Crippen LogP contribution in [0.3, 0.4) is 0 Å². The number of aryl methyl sites for hydroxylation is 1. The van der Waals surface area contributed by atoms with Gasteiger partial charge in [-0.15, -0.1) is 0 Å². The van der Waals surface area contributed by atoms with Gasteiger partial charge in [-0.1, -0.05) is 23.7 Å². The lowest BCUT2D eigenvalue weighted by atomic mass is 10.2. The quantitative estimate of drug-likeness (QED) is 0.931. The lowest BCUT2D eigenvalue weighted by molar-refractivity contribution is 0.0691. The minimum absolute atomic E-state index is 0.0418. The Hall–Kier alpha value is -2.07. The lowest BCUT2D eigenvalue weighted by Gasteiger charge is -2.10. The van der Waals surface area contributed by atoms with Crippen LogP contribution < -0.4 is 4.74 Å². The van der Waals surface area contributed by atoms with Gasteiger partial charge in [0.2, 0.25) is 0 Å². The van der Waals surface area contributed by atoms with Crippen LogP contribution in [-0.4, -0.2) is 16.1 Å². The maximum Gasteiger partial charge on any atom is 0.339 e. The normalized spacial score (nSPS) is 10.2. The topological polar surface area (TPSA) is 59.4 Å². The molecule has 0 bridgehead atoms. The number of carbonyl (C=O) groups is 1. The van der Waals surface area contributed by atoms with Gasteiger partial charge in [-0.3, -0.25) is 4.98 Å². The Morgan fingerprint density at radius 3 is 2.74 bits per heavy atom. The molecule has 1 aromatic carbocycles. The van der Waals surface area contributed by atoms with E-state index in [4.69, 9.17) is 21.4 Å². The molecule has 0 saturated heterocycles. The number of rotatable bonds is 4. The Morgan fingerprint density at radius 1 is 1.32 bits per heavy atom. The van der Waals surface area contributed by atoms with Crippen LogP contribution in [-0.2, 0) is 6.61 Å². The van der Waals surface area contributed by atoms with E-state index in [9.17, 15) is 4.79 Å². The highest BCUT2D eigenvalue weighted by molar-refractivity contribution is 6.32. The molecule has 0 aliphatic rings. The number of carboxylic acids is 1. The summed E-state index contributed by atoms with van der Waals surface area (Å²) in [6.07, 6.45) is 0. The van der Waals surface area contributed by atoms with Crippen molar-refractivity contribution in [2.45, 2.75) is 13.5 Å². The zero-order chi connectivity index (χ0) is 13.8. The number of para-hydroxylation sites is 1. The number of hydrogen-bond donors (Lipinski definition) is 1. The van der Waals surface area contributed by atoms with Crippen molar-refractivity contribution in [2.24, 2.45) is 0 Å². The van der Waals surface area contributed by atoms with Crippen molar-refractivity contribution in [2.75, 3.05) is 0 Å². The summed E-state index contributed by atoms with van der Waals surface area (Å²) in [5.41, 5.74) is 1.63. The summed E-state index contributed by atoms with van der Waals surface area (Å²) in [6, 6.07) is 10.2. The molecule has 0 spiro atoms. The van der Waals surface area contributed by atoms with E-state index in [1.165, 1.54) is 6.07 Å². The van der Waals surface area contributed by atoms with Crippen LogP contribution in [0.1, 0.15) is 21.7 Å². The summed E-state index contributed by atoms with van der Waals surface area (Å²) in [5, 5.41) is 9.35. The molecule has 98 valence electrons. The fourth-order valence-corrected chi connectivity index (χ4v) is 1.88. The molecule has 2 aromatic rings. The van der Waals surface area contributed by atoms with E-state index in [1.807, 2.05) is 25.1 Å². The van der Waals surface area contributed by atoms with E-state index in [0.717, 1.165) is 11.4 Å². The third-order valence-corrected chi connectivity index (χ3v) is 2.81. The van der Waals surface area contributed by atoms with Crippen molar-refractivity contribution in [3.8, 4) is 5.75 Å². The highest BCUT2D eigenvalue weighted by Crippen LogP contribution is 2.29. The molecule has 5 heteroatoms. The van der Waals surface area contributed by atoms with Crippen molar-refractivity contribution < 1.29 is 14.6 Å². The number of aromatic carboxylic acids is 1. The minimum Gasteiger partial charge on any atom is -0.485 e. The van der Waals surface area contributed by atoms with Gasteiger partial charge in [0, 0.05) is 5.69 Å². The van der Waals surface area contributed by atoms with Crippen molar-refractivity contribution in [3.05, 3.63) is 58.4 Å². The van der Waals surface area contributed by atoms with Gasteiger partial charge in [0.15, 0.2) is 5.75 Å². The number of hydrogen-bond acceptors (Lipinski definition) is 3. The molecule has 1 aromatic heterocycles. The SMILES string of the molecule is Cc1cccc(COc2c(Cl)cccc2C(=O)O)n1. The predicted molar refractivity (Wildman–Crippen MR) is 71.7 cm³/mol. The molecular weight excluding hydrogens is 266 g/mol. The van der Waals surface area contributed by atoms with E-state index in [2.05, 4.69) is 4.98 Å². The average Bonchev–Trinajstić information content (AvgIpc) is 2.37. The molecule has 4 nitrogen and oxygen atoms in total. The standard InChI is InChI=1S/C14H12ClNO3/c1-9-4-2-5-10(16-9)8-19-13-11(14(17)18)6-3-7-12(13)15/h2-7H,8H2,1H3,(H,17,18). The first-order chi connectivity index (χ1) is 9.08. The van der Waals surface area contributed by atoms with Crippen LogP contribution in [0.25, 0.3) is 0 Å². The number of benzene rings is 1. The van der Waals surface area contributed by atoms with Crippen LogP contribution in [0.2, 0.25) is 5.02 Å². The van der Waals surface area contributed by atoms with Crippen molar-refractivity contribution in [1.29, 1.82) is 0 Å². The summed E-state index contributed by atoms with van der Waals surface area (Å²) < 4.78 is 5.50. The smallest absolute Gasteiger partial charge is 0.339 e. The van der Waals surface area contributed by atoms with Crippen LogP contribution in [0, 0.1) is 6.92 Å². The molecular formula is C14H12ClNO3. The fourth-order valence-electron chi connectivity index (χ4n) is 1.65. The van der Waals surface area contributed by atoms with Gasteiger partial charge in [0.1, 0.15) is 12.2 Å². The molecule has 0 unspecified atom stereocenters. The van der Waals surface area contributed by atoms with Gasteiger partial charge in [-0.2, -0.15) is 0 Å². The second-order valence-corrected chi connectivity index (χ2v) is 4.39. The first-order valence-corrected chi connectivity index (χ1v) is 6.03. The van der Waals surface area contributed by atoms with E-state index >= 15 is 0 Å². The Morgan fingerprint density at radius 2 is 2.05 bits per heavy atom. The van der Waals surface area contributed by atoms with Gasteiger partial charge in [0.25, 0.3) is 0 Å². The molecule has 2 rings (SSSR count). The molecule has 0 radical (unpaired) electrons. The molecule has 0 aliphatic heterocycles. The number of pyridine rings is 1. The summed E-state index contributed by atoms with van der Waals surface area (Å²) in [7, 11) is 0. The Bertz CT molecular complexity index is 613. The monoisotopic (exact) mass is 277 g/mol. The predicted octanol–water partition coefficient (Wildman–Crippen LogP) is 3.32. The van der Waals surface area contributed by atoms with Gasteiger partial charge in [-0.25, -0.2) is 4.79 Å². The minimum atomic E-state index is -1.07. The van der Waals surface area contributed by atoms with Gasteiger partial charge >= 0.3 is 5.97 Å². The van der Waals surface area contributed by atoms with Crippen LogP contribution in [0.15, 0.2) is 36.4 Å². The number of carboxylic acid groups (broad SMARTS) is 1. The maximum atomic E-state index is 11.1. The van der Waals surface area contributed by atoms with E-state index in [1.54, 1.807) is 12.1 Å². The summed E-state index contributed by atoms with van der Waals surface area (Å²) in [5.74, 6) is -0.908. The zero-order valence-corrected chi connectivity index (χ0v) is 11.0. The zero-order valence-electron chi connectivity index (χ0n) is 10.3. The van der Waals surface area contributed by atoms with Crippen molar-refractivity contribution in [3.63, 3.8) is 0 Å². The summed E-state index contributed by atoms with van der Waals surface area (Å²) in [6.45, 7) is 2.05. The highest BCUT2D eigenvalue weighted by Gasteiger charge is 2.14. The Kier molecular flexibility index (Phi) is 4.02. The van der Waals surface area contributed by atoms with Crippen LogP contribution in [0.4, 0.5) is 0 Å². The molecule has 0 amide bonds. The molecule has 0 aliphatic carbocycles. The van der Waals surface area contributed by atoms with E-state index in [0.29, 0.717) is 0 Å². The fraction of sp³-hybridized carbons (Fsp3) is 0.143. The van der Waals surface area contributed by atoms with E-state index in [-0.39, 0.29) is 22.9 Å². The molecule has 1 heterocycles. The molecule has 0 saturated carbocycles. The molecule has 0 fully saturated rings. The number of aromatic nitrogens is 1. The van der Waals surface area contributed by atoms with E-state index < -0.39 is 5.97 Å².